The van der Waals surface area contributed by atoms with Gasteiger partial charge in [0.25, 0.3) is 0 Å². The van der Waals surface area contributed by atoms with Crippen LogP contribution in [0.2, 0.25) is 0 Å². The molecule has 2 aromatic rings. The molecule has 0 aromatic carbocycles. The summed E-state index contributed by atoms with van der Waals surface area (Å²) in [5.41, 5.74) is 0. The molecule has 1 aliphatic carbocycles. The van der Waals surface area contributed by atoms with Gasteiger partial charge in [0.2, 0.25) is 0 Å². The maximum atomic E-state index is 3.65. The molecule has 1 saturated carbocycles. The fraction of sp³-hybridized carbons (Fsp3) is 0.500. The topological polar surface area (TPSA) is 15.3 Å². The molecule has 2 heterocycles. The Kier molecular flexibility index (Phi) is 4.89. The minimum absolute atomic E-state index is 0.470. The lowest BCUT2D eigenvalue weighted by atomic mass is 10.3. The van der Waals surface area contributed by atoms with Crippen LogP contribution in [0.1, 0.15) is 35.6 Å². The summed E-state index contributed by atoms with van der Waals surface area (Å²) in [6, 6.07) is 10.1. The maximum Gasteiger partial charge on any atom is 0.0386 e. The highest BCUT2D eigenvalue weighted by Gasteiger charge is 2.28. The van der Waals surface area contributed by atoms with E-state index >= 15 is 0 Å². The van der Waals surface area contributed by atoms with E-state index in [2.05, 4.69) is 52.2 Å². The van der Waals surface area contributed by atoms with Crippen LogP contribution in [-0.4, -0.2) is 24.0 Å². The van der Waals surface area contributed by atoms with Crippen molar-refractivity contribution in [3.8, 4) is 0 Å². The van der Waals surface area contributed by atoms with E-state index < -0.39 is 0 Å². The van der Waals surface area contributed by atoms with Crippen LogP contribution in [0.4, 0.5) is 0 Å². The molecule has 1 fully saturated rings. The minimum atomic E-state index is 0.470. The van der Waals surface area contributed by atoms with Gasteiger partial charge in [-0.15, -0.1) is 22.7 Å². The highest BCUT2D eigenvalue weighted by Crippen LogP contribution is 2.28. The fourth-order valence-corrected chi connectivity index (χ4v) is 3.98. The van der Waals surface area contributed by atoms with Crippen molar-refractivity contribution >= 4 is 22.7 Å². The van der Waals surface area contributed by atoms with Crippen molar-refractivity contribution in [1.82, 2.24) is 10.2 Å². The van der Waals surface area contributed by atoms with Crippen LogP contribution in [0, 0.1) is 0 Å². The van der Waals surface area contributed by atoms with E-state index in [9.17, 15) is 0 Å². The van der Waals surface area contributed by atoms with Gasteiger partial charge in [-0.25, -0.2) is 0 Å². The van der Waals surface area contributed by atoms with Gasteiger partial charge in [-0.1, -0.05) is 12.1 Å². The summed E-state index contributed by atoms with van der Waals surface area (Å²) in [5, 5.41) is 7.98. The Labute approximate surface area is 129 Å². The van der Waals surface area contributed by atoms with Crippen LogP contribution in [-0.2, 0) is 6.54 Å². The zero-order chi connectivity index (χ0) is 13.8. The van der Waals surface area contributed by atoms with Gasteiger partial charge in [0.05, 0.1) is 0 Å². The van der Waals surface area contributed by atoms with Gasteiger partial charge < -0.3 is 5.32 Å². The molecule has 2 aromatic heterocycles. The van der Waals surface area contributed by atoms with Gasteiger partial charge >= 0.3 is 0 Å². The van der Waals surface area contributed by atoms with Gasteiger partial charge in [-0.2, -0.15) is 0 Å². The van der Waals surface area contributed by atoms with E-state index in [1.54, 1.807) is 0 Å². The molecule has 0 spiro atoms. The van der Waals surface area contributed by atoms with E-state index in [1.807, 2.05) is 22.7 Å². The second kappa shape index (κ2) is 6.85. The average Bonchev–Trinajstić information content (AvgIpc) is 2.94. The lowest BCUT2D eigenvalue weighted by Gasteiger charge is -2.22. The monoisotopic (exact) mass is 306 g/mol. The molecule has 1 aliphatic rings. The van der Waals surface area contributed by atoms with Gasteiger partial charge in [-0.3, -0.25) is 4.90 Å². The average molecular weight is 306 g/mol. The van der Waals surface area contributed by atoms with E-state index in [4.69, 9.17) is 0 Å². The Hall–Kier alpha value is -0.680. The third kappa shape index (κ3) is 3.92. The van der Waals surface area contributed by atoms with Crippen LogP contribution in [0.3, 0.4) is 0 Å². The highest BCUT2D eigenvalue weighted by atomic mass is 32.1. The fourth-order valence-electron chi connectivity index (χ4n) is 2.50. The van der Waals surface area contributed by atoms with E-state index in [-0.39, 0.29) is 0 Å². The summed E-state index contributed by atoms with van der Waals surface area (Å²) in [6.45, 7) is 5.60. The molecule has 0 aliphatic heterocycles. The summed E-state index contributed by atoms with van der Waals surface area (Å²) in [5.74, 6) is 0. The largest absolute Gasteiger partial charge is 0.308 e. The molecule has 0 saturated heterocycles. The third-order valence-electron chi connectivity index (χ3n) is 3.82. The first-order valence-electron chi connectivity index (χ1n) is 7.36. The highest BCUT2D eigenvalue weighted by molar-refractivity contribution is 7.10. The lowest BCUT2D eigenvalue weighted by molar-refractivity contribution is 0.254. The Balaban J connectivity index is 1.45. The first-order chi connectivity index (χ1) is 9.83. The number of hydrogen-bond donors (Lipinski definition) is 1. The quantitative estimate of drug-likeness (QED) is 0.789. The summed E-state index contributed by atoms with van der Waals surface area (Å²) in [6.07, 6.45) is 2.76. The molecule has 4 heteroatoms. The SMILES string of the molecule is CC(NCCN(Cc1cccs1)C1CC1)c1cccs1. The van der Waals surface area contributed by atoms with Crippen molar-refractivity contribution in [2.24, 2.45) is 0 Å². The third-order valence-corrected chi connectivity index (χ3v) is 5.74. The lowest BCUT2D eigenvalue weighted by Crippen LogP contribution is -2.34. The normalized spacial score (nSPS) is 16.7. The van der Waals surface area contributed by atoms with Crippen molar-refractivity contribution in [2.45, 2.75) is 38.4 Å². The van der Waals surface area contributed by atoms with E-state index in [1.165, 1.54) is 22.6 Å². The molecule has 0 bridgehead atoms. The molecule has 1 N–H and O–H groups in total. The second-order valence-electron chi connectivity index (χ2n) is 5.47. The van der Waals surface area contributed by atoms with Crippen molar-refractivity contribution in [2.75, 3.05) is 13.1 Å². The molecule has 0 amide bonds. The maximum absolute atomic E-state index is 3.65. The van der Waals surface area contributed by atoms with Crippen molar-refractivity contribution < 1.29 is 0 Å². The number of hydrogen-bond acceptors (Lipinski definition) is 4. The van der Waals surface area contributed by atoms with Crippen LogP contribution in [0.25, 0.3) is 0 Å². The van der Waals surface area contributed by atoms with Crippen molar-refractivity contribution in [3.05, 3.63) is 44.8 Å². The zero-order valence-corrected chi connectivity index (χ0v) is 13.6. The zero-order valence-electron chi connectivity index (χ0n) is 11.9. The minimum Gasteiger partial charge on any atom is -0.308 e. The first-order valence-corrected chi connectivity index (χ1v) is 9.12. The Morgan fingerprint density at radius 2 is 2.05 bits per heavy atom. The molecule has 1 atom stereocenters. The molecule has 1 unspecified atom stereocenters. The standard InChI is InChI=1S/C16H22N2S2/c1-13(16-5-3-11-20-16)17-8-9-18(14-6-7-14)12-15-4-2-10-19-15/h2-5,10-11,13-14,17H,6-9,12H2,1H3. The molecule has 20 heavy (non-hydrogen) atoms. The molecule has 3 rings (SSSR count). The van der Waals surface area contributed by atoms with Crippen LogP contribution < -0.4 is 5.32 Å². The molecular formula is C16H22N2S2. The van der Waals surface area contributed by atoms with Gasteiger partial charge in [0.15, 0.2) is 0 Å². The van der Waals surface area contributed by atoms with E-state index in [0.29, 0.717) is 6.04 Å². The molecular weight excluding hydrogens is 284 g/mol. The molecule has 0 radical (unpaired) electrons. The predicted molar refractivity (Wildman–Crippen MR) is 88.5 cm³/mol. The van der Waals surface area contributed by atoms with Crippen molar-refractivity contribution in [3.63, 3.8) is 0 Å². The first kappa shape index (κ1) is 14.3. The summed E-state index contributed by atoms with van der Waals surface area (Å²) in [4.78, 5) is 5.56. The van der Waals surface area contributed by atoms with Crippen molar-refractivity contribution in [1.29, 1.82) is 0 Å². The number of nitrogens with zero attached hydrogens (tertiary/aromatic N) is 1. The van der Waals surface area contributed by atoms with Gasteiger partial charge in [0.1, 0.15) is 0 Å². The second-order valence-corrected chi connectivity index (χ2v) is 7.48. The molecule has 2 nitrogen and oxygen atoms in total. The number of rotatable bonds is 8. The Morgan fingerprint density at radius 3 is 2.70 bits per heavy atom. The van der Waals surface area contributed by atoms with Gasteiger partial charge in [-0.05, 0) is 42.7 Å². The summed E-state index contributed by atoms with van der Waals surface area (Å²) < 4.78 is 0. The Morgan fingerprint density at radius 1 is 1.25 bits per heavy atom. The van der Waals surface area contributed by atoms with E-state index in [0.717, 1.165) is 25.7 Å². The smallest absolute Gasteiger partial charge is 0.0386 e. The Bertz CT molecular complexity index is 489. The van der Waals surface area contributed by atoms with Crippen LogP contribution in [0.5, 0.6) is 0 Å². The summed E-state index contributed by atoms with van der Waals surface area (Å²) in [7, 11) is 0. The number of thiophene rings is 2. The summed E-state index contributed by atoms with van der Waals surface area (Å²) >= 11 is 3.71. The van der Waals surface area contributed by atoms with Crippen LogP contribution >= 0.6 is 22.7 Å². The predicted octanol–water partition coefficient (Wildman–Crippen LogP) is 4.12. The van der Waals surface area contributed by atoms with Gasteiger partial charge in [0, 0.05) is 41.5 Å². The van der Waals surface area contributed by atoms with Crippen LogP contribution in [0.15, 0.2) is 35.0 Å². The molecule has 108 valence electrons. The number of nitrogens with one attached hydrogen (secondary N) is 1.